The van der Waals surface area contributed by atoms with Gasteiger partial charge in [-0.1, -0.05) is 24.6 Å². The Kier molecular flexibility index (Phi) is 5.76. The molecule has 0 aliphatic rings. The van der Waals surface area contributed by atoms with E-state index in [1.54, 1.807) is 31.3 Å². The second-order valence-electron chi connectivity index (χ2n) is 6.02. The lowest BCUT2D eigenvalue weighted by Crippen LogP contribution is -2.36. The van der Waals surface area contributed by atoms with Crippen molar-refractivity contribution in [2.75, 3.05) is 0 Å². The first kappa shape index (κ1) is 18.9. The summed E-state index contributed by atoms with van der Waals surface area (Å²) in [6.07, 6.45) is 1.55. The standard InChI is InChI=1S/C20H19ClN2O4/c1-3-13-8-19(24)27-17-10-18(16(21)9-15(13)17)26-12(2)20(25)23-11-14-6-4-5-7-22-14/h4-10,12H,3,11H2,1-2H3,(H,23,25)/t12-/m0/s1. The second kappa shape index (κ2) is 8.22. The molecule has 3 aromatic rings. The summed E-state index contributed by atoms with van der Waals surface area (Å²) in [6, 6.07) is 10.2. The summed E-state index contributed by atoms with van der Waals surface area (Å²) in [4.78, 5) is 28.1. The molecule has 7 heteroatoms. The summed E-state index contributed by atoms with van der Waals surface area (Å²) >= 11 is 6.31. The van der Waals surface area contributed by atoms with Crippen molar-refractivity contribution in [3.8, 4) is 5.75 Å². The molecule has 1 atom stereocenters. The van der Waals surface area contributed by atoms with Crippen LogP contribution in [0.5, 0.6) is 5.75 Å². The maximum absolute atomic E-state index is 12.3. The lowest BCUT2D eigenvalue weighted by molar-refractivity contribution is -0.127. The van der Waals surface area contributed by atoms with Gasteiger partial charge in [-0.15, -0.1) is 0 Å². The number of rotatable bonds is 6. The van der Waals surface area contributed by atoms with Crippen molar-refractivity contribution >= 4 is 28.5 Å². The fraction of sp³-hybridized carbons (Fsp3) is 0.250. The quantitative estimate of drug-likeness (QED) is 0.656. The number of carbonyl (C=O) groups excluding carboxylic acids is 1. The van der Waals surface area contributed by atoms with Gasteiger partial charge in [-0.25, -0.2) is 4.79 Å². The summed E-state index contributed by atoms with van der Waals surface area (Å²) in [5, 5.41) is 3.85. The molecule has 0 unspecified atom stereocenters. The normalized spacial score (nSPS) is 12.0. The number of nitrogens with zero attached hydrogens (tertiary/aromatic N) is 1. The predicted octanol–water partition coefficient (Wildman–Crippen LogP) is 3.49. The van der Waals surface area contributed by atoms with Gasteiger partial charge in [-0.2, -0.15) is 0 Å². The van der Waals surface area contributed by atoms with Gasteiger partial charge in [0, 0.05) is 23.7 Å². The molecule has 6 nitrogen and oxygen atoms in total. The molecule has 140 valence electrons. The molecule has 1 aromatic carbocycles. The summed E-state index contributed by atoms with van der Waals surface area (Å²) in [5.74, 6) is -0.0263. The molecule has 0 spiro atoms. The van der Waals surface area contributed by atoms with Crippen LogP contribution >= 0.6 is 11.6 Å². The average molecular weight is 387 g/mol. The highest BCUT2D eigenvalue weighted by atomic mass is 35.5. The van der Waals surface area contributed by atoms with Gasteiger partial charge in [0.1, 0.15) is 11.3 Å². The predicted molar refractivity (Wildman–Crippen MR) is 103 cm³/mol. The van der Waals surface area contributed by atoms with Gasteiger partial charge >= 0.3 is 5.63 Å². The Labute approximate surface area is 161 Å². The minimum atomic E-state index is -0.787. The Hall–Kier alpha value is -2.86. The molecule has 0 radical (unpaired) electrons. The number of benzene rings is 1. The minimum absolute atomic E-state index is 0.279. The molecule has 1 N–H and O–H groups in total. The van der Waals surface area contributed by atoms with Crippen molar-refractivity contribution in [1.82, 2.24) is 10.3 Å². The van der Waals surface area contributed by atoms with Crippen LogP contribution in [-0.2, 0) is 17.8 Å². The zero-order valence-electron chi connectivity index (χ0n) is 15.0. The van der Waals surface area contributed by atoms with E-state index >= 15 is 0 Å². The fourth-order valence-corrected chi connectivity index (χ4v) is 2.89. The van der Waals surface area contributed by atoms with E-state index in [2.05, 4.69) is 10.3 Å². The Morgan fingerprint density at radius 1 is 1.33 bits per heavy atom. The van der Waals surface area contributed by atoms with Crippen LogP contribution in [0, 0.1) is 0 Å². The molecular formula is C20H19ClN2O4. The van der Waals surface area contributed by atoms with E-state index in [1.807, 2.05) is 19.1 Å². The largest absolute Gasteiger partial charge is 0.479 e. The Balaban J connectivity index is 1.76. The molecule has 1 amide bonds. The summed E-state index contributed by atoms with van der Waals surface area (Å²) in [7, 11) is 0. The second-order valence-corrected chi connectivity index (χ2v) is 6.43. The highest BCUT2D eigenvalue weighted by Gasteiger charge is 2.18. The lowest BCUT2D eigenvalue weighted by atomic mass is 10.1. The van der Waals surface area contributed by atoms with E-state index in [4.69, 9.17) is 20.8 Å². The number of nitrogens with one attached hydrogen (secondary N) is 1. The molecule has 0 aliphatic carbocycles. The first-order valence-corrected chi connectivity index (χ1v) is 8.96. The molecule has 0 saturated heterocycles. The number of aryl methyl sites for hydroxylation is 1. The monoisotopic (exact) mass is 386 g/mol. The van der Waals surface area contributed by atoms with Crippen LogP contribution in [0.2, 0.25) is 5.02 Å². The summed E-state index contributed by atoms with van der Waals surface area (Å²) in [5.41, 5.74) is 1.53. The third-order valence-corrected chi connectivity index (χ3v) is 4.40. The number of amides is 1. The van der Waals surface area contributed by atoms with Gasteiger partial charge in [0.15, 0.2) is 6.10 Å². The first-order valence-electron chi connectivity index (χ1n) is 8.58. The SMILES string of the molecule is CCc1cc(=O)oc2cc(O[C@@H](C)C(=O)NCc3ccccn3)c(Cl)cc12. The first-order chi connectivity index (χ1) is 13.0. The van der Waals surface area contributed by atoms with Crippen LogP contribution in [0.1, 0.15) is 25.1 Å². The van der Waals surface area contributed by atoms with Crippen molar-refractivity contribution in [3.63, 3.8) is 0 Å². The van der Waals surface area contributed by atoms with Crippen LogP contribution in [0.15, 0.2) is 51.8 Å². The third kappa shape index (κ3) is 4.46. The molecule has 0 aliphatic heterocycles. The molecule has 0 bridgehead atoms. The van der Waals surface area contributed by atoms with E-state index in [-0.39, 0.29) is 11.7 Å². The van der Waals surface area contributed by atoms with Gasteiger partial charge < -0.3 is 14.5 Å². The number of halogens is 1. The number of carbonyl (C=O) groups is 1. The summed E-state index contributed by atoms with van der Waals surface area (Å²) in [6.45, 7) is 3.86. The molecule has 0 saturated carbocycles. The van der Waals surface area contributed by atoms with Crippen LogP contribution < -0.4 is 15.7 Å². The molecule has 3 rings (SSSR count). The van der Waals surface area contributed by atoms with Crippen LogP contribution in [0.3, 0.4) is 0 Å². The Morgan fingerprint density at radius 2 is 2.15 bits per heavy atom. The fourth-order valence-electron chi connectivity index (χ4n) is 2.68. The van der Waals surface area contributed by atoms with Crippen molar-refractivity contribution in [2.24, 2.45) is 0 Å². The molecule has 2 aromatic heterocycles. The molecule has 2 heterocycles. The average Bonchev–Trinajstić information content (AvgIpc) is 2.67. The highest BCUT2D eigenvalue weighted by Crippen LogP contribution is 2.32. The van der Waals surface area contributed by atoms with Gasteiger partial charge in [0.25, 0.3) is 5.91 Å². The van der Waals surface area contributed by atoms with E-state index in [9.17, 15) is 9.59 Å². The topological polar surface area (TPSA) is 81.4 Å². The van der Waals surface area contributed by atoms with E-state index in [1.165, 1.54) is 6.07 Å². The van der Waals surface area contributed by atoms with Gasteiger partial charge in [0.2, 0.25) is 0 Å². The van der Waals surface area contributed by atoms with Crippen molar-refractivity contribution in [1.29, 1.82) is 0 Å². The number of fused-ring (bicyclic) bond motifs is 1. The van der Waals surface area contributed by atoms with Crippen LogP contribution in [0.25, 0.3) is 11.0 Å². The smallest absolute Gasteiger partial charge is 0.336 e. The Bertz CT molecular complexity index is 1020. The molecular weight excluding hydrogens is 368 g/mol. The van der Waals surface area contributed by atoms with E-state index in [0.717, 1.165) is 16.6 Å². The van der Waals surface area contributed by atoms with Crippen LogP contribution in [-0.4, -0.2) is 17.0 Å². The van der Waals surface area contributed by atoms with E-state index < -0.39 is 11.7 Å². The zero-order valence-corrected chi connectivity index (χ0v) is 15.7. The maximum atomic E-state index is 12.3. The third-order valence-electron chi connectivity index (χ3n) is 4.11. The molecule has 27 heavy (non-hydrogen) atoms. The van der Waals surface area contributed by atoms with Gasteiger partial charge in [-0.05, 0) is 37.1 Å². The molecule has 0 fully saturated rings. The number of hydrogen-bond donors (Lipinski definition) is 1. The van der Waals surface area contributed by atoms with Crippen molar-refractivity contribution < 1.29 is 13.9 Å². The number of pyridine rings is 1. The van der Waals surface area contributed by atoms with Crippen LogP contribution in [0.4, 0.5) is 0 Å². The minimum Gasteiger partial charge on any atom is -0.479 e. The van der Waals surface area contributed by atoms with Gasteiger partial charge in [-0.3, -0.25) is 9.78 Å². The number of ether oxygens (including phenoxy) is 1. The Morgan fingerprint density at radius 3 is 2.85 bits per heavy atom. The van der Waals surface area contributed by atoms with Crippen molar-refractivity contribution in [3.05, 3.63) is 69.3 Å². The van der Waals surface area contributed by atoms with E-state index in [0.29, 0.717) is 23.6 Å². The number of aromatic nitrogens is 1. The van der Waals surface area contributed by atoms with Crippen molar-refractivity contribution in [2.45, 2.75) is 32.9 Å². The van der Waals surface area contributed by atoms with Gasteiger partial charge in [0.05, 0.1) is 17.3 Å². The zero-order chi connectivity index (χ0) is 19.4. The lowest BCUT2D eigenvalue weighted by Gasteiger charge is -2.16. The highest BCUT2D eigenvalue weighted by molar-refractivity contribution is 6.32. The number of hydrogen-bond acceptors (Lipinski definition) is 5. The summed E-state index contributed by atoms with van der Waals surface area (Å²) < 4.78 is 10.9. The maximum Gasteiger partial charge on any atom is 0.336 e.